The normalized spacial score (nSPS) is 37.9. The maximum absolute atomic E-state index is 2.58. The molecule has 1 saturated heterocycles. The fourth-order valence-electron chi connectivity index (χ4n) is 5.05. The van der Waals surface area contributed by atoms with Crippen LogP contribution in [-0.2, 0) is 0 Å². The van der Waals surface area contributed by atoms with Gasteiger partial charge in [-0.05, 0) is 38.7 Å². The van der Waals surface area contributed by atoms with Crippen LogP contribution in [0.2, 0.25) is 0 Å². The SMILES string of the molecule is CCC(C)C1CC2(CC2)[N+](C)(C(C)(C)C2=C(C)C2)C1. The third-order valence-electron chi connectivity index (χ3n) is 7.37. The second-order valence-corrected chi connectivity index (χ2v) is 8.44. The summed E-state index contributed by atoms with van der Waals surface area (Å²) in [7, 11) is 2.58. The van der Waals surface area contributed by atoms with Crippen LogP contribution < -0.4 is 0 Å². The molecular formula is C18H32N+. The topological polar surface area (TPSA) is 0 Å². The van der Waals surface area contributed by atoms with Crippen LogP contribution in [0.25, 0.3) is 0 Å². The quantitative estimate of drug-likeness (QED) is 0.516. The molecule has 3 unspecified atom stereocenters. The van der Waals surface area contributed by atoms with Gasteiger partial charge in [-0.25, -0.2) is 0 Å². The van der Waals surface area contributed by atoms with E-state index in [2.05, 4.69) is 41.7 Å². The first-order valence-corrected chi connectivity index (χ1v) is 8.32. The van der Waals surface area contributed by atoms with Crippen molar-refractivity contribution >= 4 is 0 Å². The summed E-state index contributed by atoms with van der Waals surface area (Å²) in [5, 5.41) is 0. The predicted octanol–water partition coefficient (Wildman–Crippen LogP) is 4.53. The van der Waals surface area contributed by atoms with Crippen LogP contribution in [0.4, 0.5) is 0 Å². The van der Waals surface area contributed by atoms with Gasteiger partial charge >= 0.3 is 0 Å². The second kappa shape index (κ2) is 3.87. The summed E-state index contributed by atoms with van der Waals surface area (Å²) in [6, 6.07) is 0. The van der Waals surface area contributed by atoms with Gasteiger partial charge in [0.1, 0.15) is 11.1 Å². The molecular weight excluding hydrogens is 230 g/mol. The summed E-state index contributed by atoms with van der Waals surface area (Å²) < 4.78 is 1.34. The van der Waals surface area contributed by atoms with Gasteiger partial charge in [0.2, 0.25) is 0 Å². The van der Waals surface area contributed by atoms with Gasteiger partial charge in [-0.2, -0.15) is 0 Å². The van der Waals surface area contributed by atoms with Crippen LogP contribution in [0, 0.1) is 11.8 Å². The fraction of sp³-hybridized carbons (Fsp3) is 0.889. The van der Waals surface area contributed by atoms with Crippen molar-refractivity contribution in [3.63, 3.8) is 0 Å². The average Bonchev–Trinajstić information content (AvgIpc) is 3.22. The Kier molecular flexibility index (Phi) is 2.79. The van der Waals surface area contributed by atoms with Crippen LogP contribution in [0.5, 0.6) is 0 Å². The molecule has 0 amide bonds. The van der Waals surface area contributed by atoms with Crippen LogP contribution >= 0.6 is 0 Å². The van der Waals surface area contributed by atoms with E-state index in [4.69, 9.17) is 0 Å². The zero-order valence-corrected chi connectivity index (χ0v) is 13.8. The minimum absolute atomic E-state index is 0.378. The molecule has 0 radical (unpaired) electrons. The van der Waals surface area contributed by atoms with Gasteiger partial charge in [0.05, 0.1) is 13.6 Å². The Labute approximate surface area is 119 Å². The molecule has 1 saturated carbocycles. The molecule has 19 heavy (non-hydrogen) atoms. The molecule has 1 heterocycles. The van der Waals surface area contributed by atoms with Gasteiger partial charge in [-0.1, -0.05) is 25.8 Å². The highest BCUT2D eigenvalue weighted by Crippen LogP contribution is 2.62. The Morgan fingerprint density at radius 2 is 1.95 bits per heavy atom. The number of allylic oxidation sites excluding steroid dienone is 1. The summed E-state index contributed by atoms with van der Waals surface area (Å²) in [6.45, 7) is 13.6. The Hall–Kier alpha value is -0.300. The van der Waals surface area contributed by atoms with Crippen molar-refractivity contribution in [2.45, 2.75) is 77.8 Å². The highest BCUT2D eigenvalue weighted by atomic mass is 15.5. The summed E-state index contributed by atoms with van der Waals surface area (Å²) in [4.78, 5) is 0. The van der Waals surface area contributed by atoms with Crippen molar-refractivity contribution in [2.75, 3.05) is 13.6 Å². The van der Waals surface area contributed by atoms with E-state index in [0.717, 1.165) is 11.8 Å². The molecule has 3 rings (SSSR count). The summed E-state index contributed by atoms with van der Waals surface area (Å²) in [5.74, 6) is 1.86. The molecule has 0 bridgehead atoms. The zero-order chi connectivity index (χ0) is 14.1. The van der Waals surface area contributed by atoms with Crippen molar-refractivity contribution in [1.82, 2.24) is 0 Å². The maximum Gasteiger partial charge on any atom is 0.116 e. The molecule has 0 aromatic rings. The van der Waals surface area contributed by atoms with E-state index in [1.54, 1.807) is 11.1 Å². The molecule has 0 aromatic carbocycles. The van der Waals surface area contributed by atoms with Gasteiger partial charge in [0.25, 0.3) is 0 Å². The Morgan fingerprint density at radius 1 is 1.37 bits per heavy atom. The minimum Gasteiger partial charge on any atom is -0.313 e. The predicted molar refractivity (Wildman–Crippen MR) is 82.0 cm³/mol. The standard InChI is InChI=1S/C18H32N/c1-7-13(2)15-11-18(8-9-18)19(6,12-15)17(4,5)16-10-14(16)3/h13,15H,7-12H2,1-6H3/q+1. The molecule has 1 spiro atoms. The summed E-state index contributed by atoms with van der Waals surface area (Å²) in [6.07, 6.45) is 7.11. The Balaban J connectivity index is 1.91. The van der Waals surface area contributed by atoms with Gasteiger partial charge < -0.3 is 4.48 Å². The monoisotopic (exact) mass is 262 g/mol. The third kappa shape index (κ3) is 1.70. The maximum atomic E-state index is 2.58. The van der Waals surface area contributed by atoms with E-state index in [1.807, 2.05) is 0 Å². The number of hydrogen-bond acceptors (Lipinski definition) is 0. The average molecular weight is 262 g/mol. The number of nitrogens with zero attached hydrogens (tertiary/aromatic N) is 1. The third-order valence-corrected chi connectivity index (χ3v) is 7.37. The number of likely N-dealkylation sites (N-methyl/N-ethyl adjacent to an activating group) is 1. The molecule has 0 aromatic heterocycles. The zero-order valence-electron chi connectivity index (χ0n) is 13.8. The van der Waals surface area contributed by atoms with Gasteiger partial charge in [-0.3, -0.25) is 0 Å². The Morgan fingerprint density at radius 3 is 2.37 bits per heavy atom. The smallest absolute Gasteiger partial charge is 0.116 e. The summed E-state index contributed by atoms with van der Waals surface area (Å²) in [5.41, 5.74) is 4.47. The van der Waals surface area contributed by atoms with Crippen LogP contribution in [0.1, 0.15) is 66.7 Å². The number of likely N-dealkylation sites (tertiary alicyclic amines) is 1. The van der Waals surface area contributed by atoms with E-state index in [0.29, 0.717) is 11.1 Å². The molecule has 2 aliphatic carbocycles. The van der Waals surface area contributed by atoms with Crippen LogP contribution in [0.15, 0.2) is 11.1 Å². The molecule has 2 fully saturated rings. The molecule has 0 N–H and O–H groups in total. The molecule has 1 heteroatoms. The number of rotatable bonds is 4. The lowest BCUT2D eigenvalue weighted by Gasteiger charge is -2.49. The van der Waals surface area contributed by atoms with Crippen molar-refractivity contribution in [3.05, 3.63) is 11.1 Å². The van der Waals surface area contributed by atoms with Crippen LogP contribution in [0.3, 0.4) is 0 Å². The lowest BCUT2D eigenvalue weighted by Crippen LogP contribution is -2.63. The molecule has 3 atom stereocenters. The van der Waals surface area contributed by atoms with Crippen molar-refractivity contribution < 1.29 is 4.48 Å². The van der Waals surface area contributed by atoms with E-state index >= 15 is 0 Å². The lowest BCUT2D eigenvalue weighted by atomic mass is 9.89. The largest absolute Gasteiger partial charge is 0.313 e. The van der Waals surface area contributed by atoms with Gasteiger partial charge in [-0.15, -0.1) is 0 Å². The lowest BCUT2D eigenvalue weighted by molar-refractivity contribution is -0.971. The van der Waals surface area contributed by atoms with Crippen molar-refractivity contribution in [2.24, 2.45) is 11.8 Å². The van der Waals surface area contributed by atoms with E-state index in [1.165, 1.54) is 43.1 Å². The number of hydrogen-bond donors (Lipinski definition) is 0. The summed E-state index contributed by atoms with van der Waals surface area (Å²) >= 11 is 0. The van der Waals surface area contributed by atoms with E-state index in [-0.39, 0.29) is 0 Å². The van der Waals surface area contributed by atoms with Crippen molar-refractivity contribution in [1.29, 1.82) is 0 Å². The van der Waals surface area contributed by atoms with E-state index < -0.39 is 0 Å². The molecule has 108 valence electrons. The first-order chi connectivity index (χ1) is 8.77. The first-order valence-electron chi connectivity index (χ1n) is 8.32. The van der Waals surface area contributed by atoms with Gasteiger partial charge in [0, 0.05) is 25.2 Å². The Bertz CT molecular complexity index is 427. The van der Waals surface area contributed by atoms with Crippen molar-refractivity contribution in [3.8, 4) is 0 Å². The number of quaternary nitrogens is 1. The van der Waals surface area contributed by atoms with Gasteiger partial charge in [0.15, 0.2) is 0 Å². The molecule has 1 aliphatic heterocycles. The fourth-order valence-corrected chi connectivity index (χ4v) is 5.05. The molecule has 3 aliphatic rings. The molecule has 1 nitrogen and oxygen atoms in total. The highest BCUT2D eigenvalue weighted by molar-refractivity contribution is 5.40. The minimum atomic E-state index is 0.378. The second-order valence-electron chi connectivity index (χ2n) is 8.44. The highest BCUT2D eigenvalue weighted by Gasteiger charge is 2.69. The van der Waals surface area contributed by atoms with Crippen LogP contribution in [-0.4, -0.2) is 29.2 Å². The first kappa shape index (κ1) is 13.7. The van der Waals surface area contributed by atoms with E-state index in [9.17, 15) is 0 Å².